The van der Waals surface area contributed by atoms with Crippen molar-refractivity contribution in [3.05, 3.63) is 0 Å². The molecule has 1 heterocycles. The first kappa shape index (κ1) is 7.54. The molecular formula is C7H13N2O. The number of hydrogen-bond donors (Lipinski definition) is 1. The lowest BCUT2D eigenvalue weighted by Gasteiger charge is -2.17. The summed E-state index contributed by atoms with van der Waals surface area (Å²) < 4.78 is 0. The molecule has 1 unspecified atom stereocenters. The zero-order valence-corrected chi connectivity index (χ0v) is 6.05. The largest absolute Gasteiger partial charge is 0.331 e. The van der Waals surface area contributed by atoms with E-state index in [-0.39, 0.29) is 0 Å². The Hall–Kier alpha value is -0.570. The monoisotopic (exact) mass is 141 g/mol. The third kappa shape index (κ3) is 1.48. The van der Waals surface area contributed by atoms with Crippen LogP contribution in [-0.2, 0) is 4.79 Å². The number of carbonyl (C=O) groups excluding carboxylic acids is 1. The Kier molecular flexibility index (Phi) is 2.68. The Morgan fingerprint density at radius 2 is 2.50 bits per heavy atom. The SMILES string of the molecule is NCCC1CCCN1[C]=O. The van der Waals surface area contributed by atoms with Crippen molar-refractivity contribution in [3.63, 3.8) is 0 Å². The number of rotatable bonds is 3. The van der Waals surface area contributed by atoms with E-state index < -0.39 is 0 Å². The maximum atomic E-state index is 10.3. The molecule has 0 bridgehead atoms. The molecule has 10 heavy (non-hydrogen) atoms. The van der Waals surface area contributed by atoms with Gasteiger partial charge in [-0.05, 0) is 25.8 Å². The summed E-state index contributed by atoms with van der Waals surface area (Å²) in [4.78, 5) is 12.0. The van der Waals surface area contributed by atoms with E-state index in [0.717, 1.165) is 25.8 Å². The molecule has 3 nitrogen and oxygen atoms in total. The van der Waals surface area contributed by atoms with E-state index in [4.69, 9.17) is 5.73 Å². The van der Waals surface area contributed by atoms with Crippen LogP contribution < -0.4 is 5.73 Å². The van der Waals surface area contributed by atoms with E-state index in [1.54, 1.807) is 4.90 Å². The van der Waals surface area contributed by atoms with Crippen LogP contribution in [0.15, 0.2) is 0 Å². The fourth-order valence-electron chi connectivity index (χ4n) is 1.45. The average Bonchev–Trinajstić information content (AvgIpc) is 2.36. The summed E-state index contributed by atoms with van der Waals surface area (Å²) in [6.07, 6.45) is 5.07. The number of amides is 1. The summed E-state index contributed by atoms with van der Waals surface area (Å²) in [7, 11) is 0. The number of hydrogen-bond acceptors (Lipinski definition) is 2. The minimum atomic E-state index is 0.377. The second kappa shape index (κ2) is 3.56. The van der Waals surface area contributed by atoms with Crippen molar-refractivity contribution in [1.29, 1.82) is 0 Å². The normalized spacial score (nSPS) is 25.3. The van der Waals surface area contributed by atoms with Gasteiger partial charge in [-0.3, -0.25) is 4.79 Å². The molecule has 3 heteroatoms. The molecular weight excluding hydrogens is 128 g/mol. The lowest BCUT2D eigenvalue weighted by molar-refractivity contribution is 0.345. The smallest absolute Gasteiger partial charge is 0.312 e. The minimum absolute atomic E-state index is 0.377. The molecule has 1 rings (SSSR count). The summed E-state index contributed by atoms with van der Waals surface area (Å²) in [5.74, 6) is 0. The van der Waals surface area contributed by atoms with Gasteiger partial charge in [0.2, 0.25) is 0 Å². The van der Waals surface area contributed by atoms with Gasteiger partial charge >= 0.3 is 6.41 Å². The molecule has 1 atom stereocenters. The highest BCUT2D eigenvalue weighted by molar-refractivity contribution is 5.49. The van der Waals surface area contributed by atoms with Gasteiger partial charge in [0.05, 0.1) is 0 Å². The van der Waals surface area contributed by atoms with Crippen molar-refractivity contribution in [2.75, 3.05) is 13.1 Å². The van der Waals surface area contributed by atoms with Crippen LogP contribution in [0.2, 0.25) is 0 Å². The zero-order chi connectivity index (χ0) is 7.40. The molecule has 1 fully saturated rings. The lowest BCUT2D eigenvalue weighted by Crippen LogP contribution is -2.29. The van der Waals surface area contributed by atoms with Gasteiger partial charge in [-0.15, -0.1) is 0 Å². The molecule has 1 aliphatic heterocycles. The first-order valence-corrected chi connectivity index (χ1v) is 3.73. The van der Waals surface area contributed by atoms with Gasteiger partial charge in [-0.1, -0.05) is 0 Å². The average molecular weight is 141 g/mol. The summed E-state index contributed by atoms with van der Waals surface area (Å²) in [5.41, 5.74) is 5.37. The molecule has 0 aromatic heterocycles. The third-order valence-electron chi connectivity index (χ3n) is 1.99. The van der Waals surface area contributed by atoms with Gasteiger partial charge in [-0.2, -0.15) is 0 Å². The fraction of sp³-hybridized carbons (Fsp3) is 0.857. The third-order valence-corrected chi connectivity index (χ3v) is 1.99. The Morgan fingerprint density at radius 1 is 1.70 bits per heavy atom. The quantitative estimate of drug-likeness (QED) is 0.595. The van der Waals surface area contributed by atoms with Gasteiger partial charge in [0.1, 0.15) is 0 Å². The molecule has 0 aromatic carbocycles. The van der Waals surface area contributed by atoms with Gasteiger partial charge in [-0.25, -0.2) is 0 Å². The van der Waals surface area contributed by atoms with E-state index in [9.17, 15) is 4.79 Å². The van der Waals surface area contributed by atoms with Crippen molar-refractivity contribution < 1.29 is 4.79 Å². The van der Waals surface area contributed by atoms with Crippen LogP contribution in [0.4, 0.5) is 0 Å². The maximum Gasteiger partial charge on any atom is 0.312 e. The van der Waals surface area contributed by atoms with Crippen LogP contribution >= 0.6 is 0 Å². The summed E-state index contributed by atoms with van der Waals surface area (Å²) in [6, 6.07) is 0.377. The van der Waals surface area contributed by atoms with Gasteiger partial charge in [0.25, 0.3) is 0 Å². The molecule has 2 N–H and O–H groups in total. The van der Waals surface area contributed by atoms with Crippen molar-refractivity contribution >= 4 is 6.41 Å². The number of nitrogens with zero attached hydrogens (tertiary/aromatic N) is 1. The zero-order valence-electron chi connectivity index (χ0n) is 6.05. The second-order valence-electron chi connectivity index (χ2n) is 2.66. The Bertz CT molecular complexity index is 116. The molecule has 1 saturated heterocycles. The fourth-order valence-corrected chi connectivity index (χ4v) is 1.45. The van der Waals surface area contributed by atoms with Crippen LogP contribution in [0.1, 0.15) is 19.3 Å². The molecule has 0 saturated carbocycles. The number of nitrogens with two attached hydrogens (primary N) is 1. The molecule has 0 aromatic rings. The van der Waals surface area contributed by atoms with Crippen LogP contribution in [0, 0.1) is 0 Å². The molecule has 0 aliphatic carbocycles. The molecule has 1 aliphatic rings. The van der Waals surface area contributed by atoms with Gasteiger partial charge in [0.15, 0.2) is 0 Å². The summed E-state index contributed by atoms with van der Waals surface area (Å²) in [5, 5.41) is 0. The highest BCUT2D eigenvalue weighted by Gasteiger charge is 2.22. The minimum Gasteiger partial charge on any atom is -0.331 e. The van der Waals surface area contributed by atoms with Crippen LogP contribution in [0.3, 0.4) is 0 Å². The van der Waals surface area contributed by atoms with Crippen molar-refractivity contribution in [1.82, 2.24) is 4.90 Å². The summed E-state index contributed by atoms with van der Waals surface area (Å²) >= 11 is 0. The first-order valence-electron chi connectivity index (χ1n) is 3.73. The highest BCUT2D eigenvalue weighted by atomic mass is 16.1. The topological polar surface area (TPSA) is 46.3 Å². The van der Waals surface area contributed by atoms with Crippen molar-refractivity contribution in [3.8, 4) is 0 Å². The summed E-state index contributed by atoms with van der Waals surface area (Å²) in [6.45, 7) is 1.54. The van der Waals surface area contributed by atoms with E-state index in [1.165, 1.54) is 0 Å². The maximum absolute atomic E-state index is 10.3. The van der Waals surface area contributed by atoms with E-state index in [0.29, 0.717) is 12.6 Å². The van der Waals surface area contributed by atoms with Crippen molar-refractivity contribution in [2.24, 2.45) is 5.73 Å². The molecule has 0 spiro atoms. The van der Waals surface area contributed by atoms with Crippen LogP contribution in [0.25, 0.3) is 0 Å². The molecule has 1 radical (unpaired) electrons. The number of likely N-dealkylation sites (tertiary alicyclic amines) is 1. The Labute approximate surface area is 61.2 Å². The highest BCUT2D eigenvalue weighted by Crippen LogP contribution is 2.16. The standard InChI is InChI=1S/C7H13N2O/c8-4-3-7-2-1-5-9(7)6-10/h7H,1-5,8H2. The Morgan fingerprint density at radius 3 is 3.10 bits per heavy atom. The van der Waals surface area contributed by atoms with E-state index >= 15 is 0 Å². The molecule has 1 amide bonds. The van der Waals surface area contributed by atoms with Crippen LogP contribution in [-0.4, -0.2) is 30.4 Å². The molecule has 57 valence electrons. The lowest BCUT2D eigenvalue weighted by atomic mass is 10.1. The predicted octanol–water partition coefficient (Wildman–Crippen LogP) is -0.133. The van der Waals surface area contributed by atoms with Crippen molar-refractivity contribution in [2.45, 2.75) is 25.3 Å². The van der Waals surface area contributed by atoms with E-state index in [1.807, 2.05) is 6.41 Å². The van der Waals surface area contributed by atoms with Gasteiger partial charge < -0.3 is 10.6 Å². The first-order chi connectivity index (χ1) is 4.88. The van der Waals surface area contributed by atoms with Gasteiger partial charge in [0, 0.05) is 12.6 Å². The second-order valence-corrected chi connectivity index (χ2v) is 2.66. The predicted molar refractivity (Wildman–Crippen MR) is 39.1 cm³/mol. The van der Waals surface area contributed by atoms with E-state index in [2.05, 4.69) is 0 Å². The Balaban J connectivity index is 2.34. The van der Waals surface area contributed by atoms with Crippen LogP contribution in [0.5, 0.6) is 0 Å².